The first kappa shape index (κ1) is 15.4. The lowest BCUT2D eigenvalue weighted by atomic mass is 10.1. The molecule has 8 heteroatoms. The molecular weight excluding hydrogens is 290 g/mol. The minimum atomic E-state index is -1.25. The lowest BCUT2D eigenvalue weighted by Gasteiger charge is -2.13. The van der Waals surface area contributed by atoms with Gasteiger partial charge in [-0.05, 0) is 5.56 Å². The van der Waals surface area contributed by atoms with Crippen LogP contribution >= 0.6 is 0 Å². The highest BCUT2D eigenvalue weighted by molar-refractivity contribution is 5.80. The van der Waals surface area contributed by atoms with Gasteiger partial charge in [0.2, 0.25) is 0 Å². The second-order valence-corrected chi connectivity index (χ2v) is 4.57. The number of carbonyl (C=O) groups is 2. The minimum Gasteiger partial charge on any atom is -0.480 e. The van der Waals surface area contributed by atoms with E-state index in [1.165, 1.54) is 6.20 Å². The van der Waals surface area contributed by atoms with Crippen molar-refractivity contribution in [2.75, 3.05) is 0 Å². The predicted molar refractivity (Wildman–Crippen MR) is 76.3 cm³/mol. The first-order chi connectivity index (χ1) is 10.6. The SMILES string of the molecule is O=C(N[C@H](Cc1c[nH][nH]c1=O)C(=O)O)OCc1ccccc1. The summed E-state index contributed by atoms with van der Waals surface area (Å²) in [4.78, 5) is 34.2. The van der Waals surface area contributed by atoms with Crippen molar-refractivity contribution in [2.45, 2.75) is 19.1 Å². The summed E-state index contributed by atoms with van der Waals surface area (Å²) >= 11 is 0. The molecule has 22 heavy (non-hydrogen) atoms. The average molecular weight is 305 g/mol. The van der Waals surface area contributed by atoms with Crippen LogP contribution in [0.1, 0.15) is 11.1 Å². The van der Waals surface area contributed by atoms with Gasteiger partial charge in [-0.25, -0.2) is 9.59 Å². The van der Waals surface area contributed by atoms with Gasteiger partial charge in [0.15, 0.2) is 0 Å². The molecular formula is C14H15N3O5. The topological polar surface area (TPSA) is 124 Å². The number of nitrogens with one attached hydrogen (secondary N) is 3. The summed E-state index contributed by atoms with van der Waals surface area (Å²) in [6.45, 7) is 0.0315. The lowest BCUT2D eigenvalue weighted by molar-refractivity contribution is -0.139. The molecule has 0 fully saturated rings. The van der Waals surface area contributed by atoms with Crippen LogP contribution < -0.4 is 10.9 Å². The zero-order valence-electron chi connectivity index (χ0n) is 11.5. The Hall–Kier alpha value is -3.03. The monoisotopic (exact) mass is 305 g/mol. The Labute approximate surface area is 125 Å². The third-order valence-corrected chi connectivity index (χ3v) is 2.95. The standard InChI is InChI=1S/C14H15N3O5/c18-12-10(7-15-17-12)6-11(13(19)20)16-14(21)22-8-9-4-2-1-3-5-9/h1-5,7,11H,6,8H2,(H,16,21)(H,19,20)(H2,15,17,18)/t11-/m1/s1. The third kappa shape index (κ3) is 4.23. The largest absolute Gasteiger partial charge is 0.480 e. The molecule has 1 atom stereocenters. The molecule has 0 radical (unpaired) electrons. The number of aromatic nitrogens is 2. The summed E-state index contributed by atoms with van der Waals surface area (Å²) in [5, 5.41) is 16.1. The number of aromatic amines is 2. The number of carboxylic acids is 1. The molecule has 0 saturated carbocycles. The molecule has 0 aliphatic carbocycles. The van der Waals surface area contributed by atoms with Crippen molar-refractivity contribution < 1.29 is 19.4 Å². The highest BCUT2D eigenvalue weighted by Crippen LogP contribution is 2.02. The number of ether oxygens (including phenoxy) is 1. The molecule has 4 N–H and O–H groups in total. The molecule has 0 spiro atoms. The van der Waals surface area contributed by atoms with E-state index in [4.69, 9.17) is 9.84 Å². The summed E-state index contributed by atoms with van der Waals surface area (Å²) in [5.41, 5.74) is 0.591. The van der Waals surface area contributed by atoms with Gasteiger partial charge >= 0.3 is 12.1 Å². The molecule has 0 aliphatic rings. The molecule has 116 valence electrons. The molecule has 0 saturated heterocycles. The summed E-state index contributed by atoms with van der Waals surface area (Å²) in [5.74, 6) is -1.25. The van der Waals surface area contributed by atoms with Crippen LogP contribution in [-0.2, 0) is 22.6 Å². The molecule has 0 bridgehead atoms. The Morgan fingerprint density at radius 3 is 2.59 bits per heavy atom. The van der Waals surface area contributed by atoms with E-state index in [1.54, 1.807) is 24.3 Å². The van der Waals surface area contributed by atoms with Gasteiger partial charge in [-0.1, -0.05) is 30.3 Å². The van der Waals surface area contributed by atoms with Crippen LogP contribution in [0.15, 0.2) is 41.3 Å². The molecule has 1 amide bonds. The van der Waals surface area contributed by atoms with Crippen LogP contribution in [0.3, 0.4) is 0 Å². The zero-order valence-corrected chi connectivity index (χ0v) is 11.5. The van der Waals surface area contributed by atoms with E-state index >= 15 is 0 Å². The quantitative estimate of drug-likeness (QED) is 0.623. The average Bonchev–Trinajstić information content (AvgIpc) is 2.91. The molecule has 8 nitrogen and oxygen atoms in total. The number of carbonyl (C=O) groups excluding carboxylic acids is 1. The van der Waals surface area contributed by atoms with E-state index in [9.17, 15) is 14.4 Å². The van der Waals surface area contributed by atoms with Crippen molar-refractivity contribution in [1.82, 2.24) is 15.5 Å². The number of hydrogen-bond acceptors (Lipinski definition) is 4. The van der Waals surface area contributed by atoms with E-state index in [-0.39, 0.29) is 18.6 Å². The van der Waals surface area contributed by atoms with Crippen LogP contribution in [0.25, 0.3) is 0 Å². The van der Waals surface area contributed by atoms with Gasteiger partial charge in [-0.2, -0.15) is 0 Å². The van der Waals surface area contributed by atoms with Crippen molar-refractivity contribution in [2.24, 2.45) is 0 Å². The van der Waals surface area contributed by atoms with Crippen LogP contribution in [0.5, 0.6) is 0 Å². The van der Waals surface area contributed by atoms with Crippen molar-refractivity contribution in [3.8, 4) is 0 Å². The molecule has 1 aromatic carbocycles. The Bertz CT molecular complexity index is 692. The molecule has 0 unspecified atom stereocenters. The molecule has 1 heterocycles. The summed E-state index contributed by atoms with van der Waals surface area (Å²) in [6, 6.07) is 7.74. The number of aliphatic carboxylic acids is 1. The second-order valence-electron chi connectivity index (χ2n) is 4.57. The van der Waals surface area contributed by atoms with Gasteiger partial charge in [0, 0.05) is 18.2 Å². The second kappa shape index (κ2) is 7.11. The van der Waals surface area contributed by atoms with Crippen LogP contribution in [-0.4, -0.2) is 33.4 Å². The fourth-order valence-electron chi connectivity index (χ4n) is 1.81. The van der Waals surface area contributed by atoms with Gasteiger partial charge in [-0.15, -0.1) is 0 Å². The first-order valence-corrected chi connectivity index (χ1v) is 6.51. The smallest absolute Gasteiger partial charge is 0.408 e. The van der Waals surface area contributed by atoms with Crippen LogP contribution in [0, 0.1) is 0 Å². The lowest BCUT2D eigenvalue weighted by Crippen LogP contribution is -2.43. The maximum atomic E-state index is 11.7. The Kier molecular flexibility index (Phi) is 4.97. The van der Waals surface area contributed by atoms with Crippen LogP contribution in [0.2, 0.25) is 0 Å². The van der Waals surface area contributed by atoms with Crippen molar-refractivity contribution in [1.29, 1.82) is 0 Å². The van der Waals surface area contributed by atoms with Crippen molar-refractivity contribution in [3.05, 3.63) is 58.0 Å². The predicted octanol–water partition coefficient (Wildman–Crippen LogP) is 0.625. The molecule has 2 aromatic rings. The number of amides is 1. The fourth-order valence-corrected chi connectivity index (χ4v) is 1.81. The minimum absolute atomic E-state index is 0.0315. The molecule has 2 rings (SSSR count). The normalized spacial score (nSPS) is 11.6. The summed E-state index contributed by atoms with van der Waals surface area (Å²) in [6.07, 6.45) is 0.354. The Morgan fingerprint density at radius 2 is 2.00 bits per heavy atom. The van der Waals surface area contributed by atoms with E-state index in [0.717, 1.165) is 5.56 Å². The van der Waals surface area contributed by atoms with Gasteiger partial charge in [0.25, 0.3) is 5.56 Å². The van der Waals surface area contributed by atoms with E-state index in [2.05, 4.69) is 15.5 Å². The Morgan fingerprint density at radius 1 is 1.27 bits per heavy atom. The number of alkyl carbamates (subject to hydrolysis) is 1. The van der Waals surface area contributed by atoms with Crippen molar-refractivity contribution in [3.63, 3.8) is 0 Å². The number of carboxylic acid groups (broad SMARTS) is 1. The number of hydrogen-bond donors (Lipinski definition) is 4. The number of benzene rings is 1. The van der Waals surface area contributed by atoms with E-state index < -0.39 is 23.7 Å². The highest BCUT2D eigenvalue weighted by atomic mass is 16.5. The van der Waals surface area contributed by atoms with Gasteiger partial charge in [0.1, 0.15) is 12.6 Å². The van der Waals surface area contributed by atoms with Gasteiger partial charge < -0.3 is 20.3 Å². The molecule has 1 aromatic heterocycles. The summed E-state index contributed by atoms with van der Waals surface area (Å²) < 4.78 is 4.95. The summed E-state index contributed by atoms with van der Waals surface area (Å²) in [7, 11) is 0. The Balaban J connectivity index is 1.90. The highest BCUT2D eigenvalue weighted by Gasteiger charge is 2.22. The number of rotatable bonds is 6. The third-order valence-electron chi connectivity index (χ3n) is 2.95. The van der Waals surface area contributed by atoms with Gasteiger partial charge in [-0.3, -0.25) is 9.89 Å². The van der Waals surface area contributed by atoms with E-state index in [1.807, 2.05) is 6.07 Å². The first-order valence-electron chi connectivity index (χ1n) is 6.51. The zero-order chi connectivity index (χ0) is 15.9. The molecule has 0 aliphatic heterocycles. The fraction of sp³-hybridized carbons (Fsp3) is 0.214. The van der Waals surface area contributed by atoms with Gasteiger partial charge in [0.05, 0.1) is 0 Å². The maximum Gasteiger partial charge on any atom is 0.408 e. The van der Waals surface area contributed by atoms with Crippen LogP contribution in [0.4, 0.5) is 4.79 Å². The number of H-pyrrole nitrogens is 2. The maximum absolute atomic E-state index is 11.7. The van der Waals surface area contributed by atoms with E-state index in [0.29, 0.717) is 0 Å². The van der Waals surface area contributed by atoms with Crippen molar-refractivity contribution >= 4 is 12.1 Å².